The highest BCUT2D eigenvalue weighted by molar-refractivity contribution is 5.90. The van der Waals surface area contributed by atoms with Gasteiger partial charge in [0.2, 0.25) is 5.91 Å². The standard InChI is InChI=1S/C14H21NO2/c1-2-3-9-14(17)15-13-8-4-6-12(11-13)7-5-10-16/h4,6,8,11,16H,2-3,5,7,9-10H2,1H3,(H,15,17). The molecular weight excluding hydrogens is 214 g/mol. The molecule has 17 heavy (non-hydrogen) atoms. The number of hydrogen-bond donors (Lipinski definition) is 2. The van der Waals surface area contributed by atoms with E-state index in [4.69, 9.17) is 5.11 Å². The molecule has 0 unspecified atom stereocenters. The van der Waals surface area contributed by atoms with Gasteiger partial charge in [0.25, 0.3) is 0 Å². The fourth-order valence-corrected chi connectivity index (χ4v) is 1.65. The lowest BCUT2D eigenvalue weighted by Gasteiger charge is -2.07. The molecule has 0 aromatic heterocycles. The number of aliphatic hydroxyl groups excluding tert-OH is 1. The Kier molecular flexibility index (Phi) is 6.33. The summed E-state index contributed by atoms with van der Waals surface area (Å²) >= 11 is 0. The highest BCUT2D eigenvalue weighted by Gasteiger charge is 2.02. The number of amides is 1. The van der Waals surface area contributed by atoms with E-state index in [1.165, 1.54) is 0 Å². The van der Waals surface area contributed by atoms with E-state index in [1.807, 2.05) is 24.3 Å². The molecule has 0 spiro atoms. The minimum atomic E-state index is 0.0751. The van der Waals surface area contributed by atoms with Crippen molar-refractivity contribution in [2.75, 3.05) is 11.9 Å². The molecule has 1 aromatic carbocycles. The smallest absolute Gasteiger partial charge is 0.224 e. The zero-order valence-corrected chi connectivity index (χ0v) is 10.4. The van der Waals surface area contributed by atoms with Crippen LogP contribution in [0.1, 0.15) is 38.2 Å². The predicted molar refractivity (Wildman–Crippen MR) is 70.0 cm³/mol. The number of hydrogen-bond acceptors (Lipinski definition) is 2. The molecule has 0 saturated carbocycles. The minimum absolute atomic E-state index is 0.0751. The maximum Gasteiger partial charge on any atom is 0.224 e. The number of carbonyl (C=O) groups is 1. The third-order valence-corrected chi connectivity index (χ3v) is 2.59. The summed E-state index contributed by atoms with van der Waals surface area (Å²) in [6.07, 6.45) is 4.14. The number of anilines is 1. The maximum absolute atomic E-state index is 11.5. The van der Waals surface area contributed by atoms with Gasteiger partial charge in [0, 0.05) is 18.7 Å². The van der Waals surface area contributed by atoms with E-state index >= 15 is 0 Å². The van der Waals surface area contributed by atoms with Crippen LogP contribution in [0.5, 0.6) is 0 Å². The van der Waals surface area contributed by atoms with Gasteiger partial charge in [-0.25, -0.2) is 0 Å². The molecule has 0 radical (unpaired) electrons. The van der Waals surface area contributed by atoms with Crippen LogP contribution in [0.25, 0.3) is 0 Å². The second kappa shape index (κ2) is 7.85. The minimum Gasteiger partial charge on any atom is -0.396 e. The van der Waals surface area contributed by atoms with E-state index in [1.54, 1.807) is 0 Å². The van der Waals surface area contributed by atoms with E-state index in [9.17, 15) is 4.79 Å². The van der Waals surface area contributed by atoms with Gasteiger partial charge in [-0.3, -0.25) is 4.79 Å². The van der Waals surface area contributed by atoms with Crippen LogP contribution in [0, 0.1) is 0 Å². The number of carbonyl (C=O) groups excluding carboxylic acids is 1. The molecule has 94 valence electrons. The van der Waals surface area contributed by atoms with Crippen molar-refractivity contribution >= 4 is 11.6 Å². The van der Waals surface area contributed by atoms with E-state index < -0.39 is 0 Å². The Bertz CT molecular complexity index is 350. The predicted octanol–water partition coefficient (Wildman–Crippen LogP) is 2.74. The molecule has 0 atom stereocenters. The Morgan fingerprint density at radius 3 is 2.88 bits per heavy atom. The quantitative estimate of drug-likeness (QED) is 0.763. The number of benzene rings is 1. The van der Waals surface area contributed by atoms with Crippen molar-refractivity contribution in [3.8, 4) is 0 Å². The lowest BCUT2D eigenvalue weighted by Crippen LogP contribution is -2.11. The van der Waals surface area contributed by atoms with Crippen LogP contribution in [0.4, 0.5) is 5.69 Å². The molecule has 1 amide bonds. The molecule has 0 bridgehead atoms. The number of unbranched alkanes of at least 4 members (excludes halogenated alkanes) is 1. The van der Waals surface area contributed by atoms with E-state index in [-0.39, 0.29) is 12.5 Å². The van der Waals surface area contributed by atoms with E-state index in [2.05, 4.69) is 12.2 Å². The molecule has 0 aliphatic carbocycles. The molecule has 0 fully saturated rings. The summed E-state index contributed by atoms with van der Waals surface area (Å²) < 4.78 is 0. The summed E-state index contributed by atoms with van der Waals surface area (Å²) in [5.41, 5.74) is 1.99. The zero-order chi connectivity index (χ0) is 12.5. The van der Waals surface area contributed by atoms with Crippen molar-refractivity contribution in [2.24, 2.45) is 0 Å². The zero-order valence-electron chi connectivity index (χ0n) is 10.4. The van der Waals surface area contributed by atoms with Crippen molar-refractivity contribution in [1.29, 1.82) is 0 Å². The molecule has 1 rings (SSSR count). The first-order valence-electron chi connectivity index (χ1n) is 6.26. The summed E-state index contributed by atoms with van der Waals surface area (Å²) in [7, 11) is 0. The number of aliphatic hydroxyl groups is 1. The molecule has 0 saturated heterocycles. The van der Waals surface area contributed by atoms with Gasteiger partial charge in [-0.15, -0.1) is 0 Å². The van der Waals surface area contributed by atoms with Gasteiger partial charge in [0.05, 0.1) is 0 Å². The fourth-order valence-electron chi connectivity index (χ4n) is 1.65. The topological polar surface area (TPSA) is 49.3 Å². The molecule has 3 heteroatoms. The van der Waals surface area contributed by atoms with Crippen molar-refractivity contribution in [2.45, 2.75) is 39.0 Å². The lowest BCUT2D eigenvalue weighted by molar-refractivity contribution is -0.116. The second-order valence-electron chi connectivity index (χ2n) is 4.18. The van der Waals surface area contributed by atoms with Crippen LogP contribution < -0.4 is 5.32 Å². The summed E-state index contributed by atoms with van der Waals surface area (Å²) in [5.74, 6) is 0.0751. The van der Waals surface area contributed by atoms with Crippen LogP contribution in [-0.4, -0.2) is 17.6 Å². The normalized spacial score (nSPS) is 10.2. The highest BCUT2D eigenvalue weighted by Crippen LogP contribution is 2.12. The molecule has 2 N–H and O–H groups in total. The van der Waals surface area contributed by atoms with Gasteiger partial charge < -0.3 is 10.4 Å². The summed E-state index contributed by atoms with van der Waals surface area (Å²) in [5, 5.41) is 11.7. The number of aryl methyl sites for hydroxylation is 1. The van der Waals surface area contributed by atoms with Gasteiger partial charge in [-0.05, 0) is 37.0 Å². The highest BCUT2D eigenvalue weighted by atomic mass is 16.2. The number of rotatable bonds is 7. The summed E-state index contributed by atoms with van der Waals surface area (Å²) in [6.45, 7) is 2.27. The Morgan fingerprint density at radius 1 is 1.35 bits per heavy atom. The van der Waals surface area contributed by atoms with Crippen LogP contribution >= 0.6 is 0 Å². The van der Waals surface area contributed by atoms with E-state index in [0.29, 0.717) is 6.42 Å². The van der Waals surface area contributed by atoms with Crippen molar-refractivity contribution in [1.82, 2.24) is 0 Å². The first kappa shape index (κ1) is 13.7. The van der Waals surface area contributed by atoms with Crippen LogP contribution in [0.15, 0.2) is 24.3 Å². The van der Waals surface area contributed by atoms with Gasteiger partial charge in [-0.2, -0.15) is 0 Å². The molecule has 3 nitrogen and oxygen atoms in total. The SMILES string of the molecule is CCCCC(=O)Nc1cccc(CCCO)c1. The van der Waals surface area contributed by atoms with Crippen LogP contribution in [0.2, 0.25) is 0 Å². The van der Waals surface area contributed by atoms with E-state index in [0.717, 1.165) is 36.9 Å². The largest absolute Gasteiger partial charge is 0.396 e. The monoisotopic (exact) mass is 235 g/mol. The van der Waals surface area contributed by atoms with Crippen LogP contribution in [-0.2, 0) is 11.2 Å². The van der Waals surface area contributed by atoms with Crippen LogP contribution in [0.3, 0.4) is 0 Å². The third-order valence-electron chi connectivity index (χ3n) is 2.59. The fraction of sp³-hybridized carbons (Fsp3) is 0.500. The van der Waals surface area contributed by atoms with Crippen molar-refractivity contribution in [3.63, 3.8) is 0 Å². The summed E-state index contributed by atoms with van der Waals surface area (Å²) in [4.78, 5) is 11.5. The molecular formula is C14H21NO2. The summed E-state index contributed by atoms with van der Waals surface area (Å²) in [6, 6.07) is 7.81. The van der Waals surface area contributed by atoms with Gasteiger partial charge in [0.1, 0.15) is 0 Å². The average Bonchev–Trinajstić information content (AvgIpc) is 2.34. The molecule has 0 heterocycles. The molecule has 0 aliphatic heterocycles. The Labute approximate surface area is 103 Å². The lowest BCUT2D eigenvalue weighted by atomic mass is 10.1. The Balaban J connectivity index is 2.50. The van der Waals surface area contributed by atoms with Gasteiger partial charge in [-0.1, -0.05) is 25.5 Å². The Morgan fingerprint density at radius 2 is 2.18 bits per heavy atom. The maximum atomic E-state index is 11.5. The molecule has 1 aromatic rings. The third kappa shape index (κ3) is 5.50. The van der Waals surface area contributed by atoms with Gasteiger partial charge >= 0.3 is 0 Å². The first-order chi connectivity index (χ1) is 8.26. The van der Waals surface area contributed by atoms with Crippen molar-refractivity contribution in [3.05, 3.63) is 29.8 Å². The first-order valence-corrected chi connectivity index (χ1v) is 6.26. The Hall–Kier alpha value is -1.35. The average molecular weight is 235 g/mol. The number of nitrogens with one attached hydrogen (secondary N) is 1. The van der Waals surface area contributed by atoms with Crippen molar-refractivity contribution < 1.29 is 9.90 Å². The van der Waals surface area contributed by atoms with Gasteiger partial charge in [0.15, 0.2) is 0 Å². The second-order valence-corrected chi connectivity index (χ2v) is 4.18. The molecule has 0 aliphatic rings.